The van der Waals surface area contributed by atoms with Gasteiger partial charge in [0.05, 0.1) is 27.8 Å². The Hall–Kier alpha value is -2.38. The Bertz CT molecular complexity index is 1030. The molecule has 0 atom stereocenters. The van der Waals surface area contributed by atoms with E-state index < -0.39 is 15.8 Å². The number of benzene rings is 2. The summed E-state index contributed by atoms with van der Waals surface area (Å²) >= 11 is 5.88. The van der Waals surface area contributed by atoms with E-state index in [4.69, 9.17) is 11.6 Å². The van der Waals surface area contributed by atoms with E-state index in [-0.39, 0.29) is 9.92 Å². The molecule has 3 rings (SSSR count). The number of nitrogens with zero attached hydrogens (tertiary/aromatic N) is 2. The molecule has 0 radical (unpaired) electrons. The molecule has 0 aliphatic rings. The highest BCUT2D eigenvalue weighted by Crippen LogP contribution is 2.28. The summed E-state index contributed by atoms with van der Waals surface area (Å²) in [5.74, 6) is -0.604. The minimum Gasteiger partial charge on any atom is -0.276 e. The lowest BCUT2D eigenvalue weighted by Gasteiger charge is -2.10. The SMILES string of the molecule is Cc1nn(-c2ccccc2)c(C)c1NS(=O)(=O)c1ccc(F)cc1Cl. The van der Waals surface area contributed by atoms with Crippen molar-refractivity contribution >= 4 is 27.3 Å². The summed E-state index contributed by atoms with van der Waals surface area (Å²) in [5.41, 5.74) is 2.33. The van der Waals surface area contributed by atoms with Gasteiger partial charge < -0.3 is 0 Å². The fourth-order valence-electron chi connectivity index (χ4n) is 2.49. The van der Waals surface area contributed by atoms with Crippen molar-refractivity contribution in [3.05, 3.63) is 70.8 Å². The average Bonchev–Trinajstić information content (AvgIpc) is 2.83. The van der Waals surface area contributed by atoms with Crippen LogP contribution in [-0.4, -0.2) is 18.2 Å². The molecule has 0 saturated heterocycles. The van der Waals surface area contributed by atoms with Crippen molar-refractivity contribution in [2.45, 2.75) is 18.7 Å². The highest BCUT2D eigenvalue weighted by atomic mass is 35.5. The number of aryl methyl sites for hydroxylation is 1. The van der Waals surface area contributed by atoms with Gasteiger partial charge in [-0.25, -0.2) is 17.5 Å². The van der Waals surface area contributed by atoms with E-state index in [1.54, 1.807) is 18.5 Å². The molecule has 0 saturated carbocycles. The van der Waals surface area contributed by atoms with Gasteiger partial charge in [0, 0.05) is 0 Å². The predicted molar refractivity (Wildman–Crippen MR) is 95.3 cm³/mol. The molecule has 0 amide bonds. The first-order valence-electron chi connectivity index (χ1n) is 7.39. The fourth-order valence-corrected chi connectivity index (χ4v) is 4.20. The molecular weight excluding hydrogens is 365 g/mol. The second-order valence-corrected chi connectivity index (χ2v) is 7.53. The van der Waals surface area contributed by atoms with Crippen LogP contribution in [0.4, 0.5) is 10.1 Å². The molecule has 130 valence electrons. The molecule has 3 aromatic rings. The van der Waals surface area contributed by atoms with Crippen LogP contribution in [0.15, 0.2) is 53.4 Å². The van der Waals surface area contributed by atoms with Crippen LogP contribution < -0.4 is 4.72 Å². The summed E-state index contributed by atoms with van der Waals surface area (Å²) in [6.07, 6.45) is 0. The smallest absolute Gasteiger partial charge is 0.263 e. The standard InChI is InChI=1S/C17H15ClFN3O2S/c1-11-17(12(2)22(20-11)14-6-4-3-5-7-14)21-25(23,24)16-9-8-13(19)10-15(16)18/h3-10,21H,1-2H3. The van der Waals surface area contributed by atoms with Crippen LogP contribution >= 0.6 is 11.6 Å². The predicted octanol–water partition coefficient (Wildman–Crippen LogP) is 4.08. The molecule has 0 spiro atoms. The van der Waals surface area contributed by atoms with Crippen LogP contribution in [0.2, 0.25) is 5.02 Å². The largest absolute Gasteiger partial charge is 0.276 e. The van der Waals surface area contributed by atoms with Crippen molar-refractivity contribution in [2.24, 2.45) is 0 Å². The molecule has 1 aromatic heterocycles. The molecule has 0 fully saturated rings. The third-order valence-corrected chi connectivity index (χ3v) is 5.54. The number of hydrogen-bond acceptors (Lipinski definition) is 3. The van der Waals surface area contributed by atoms with E-state index >= 15 is 0 Å². The number of halogens is 2. The normalized spacial score (nSPS) is 11.5. The first kappa shape index (κ1) is 17.4. The van der Waals surface area contributed by atoms with Gasteiger partial charge in [-0.3, -0.25) is 4.72 Å². The lowest BCUT2D eigenvalue weighted by atomic mass is 10.3. The highest BCUT2D eigenvalue weighted by Gasteiger charge is 2.23. The summed E-state index contributed by atoms with van der Waals surface area (Å²) in [4.78, 5) is -0.193. The Morgan fingerprint density at radius 2 is 1.80 bits per heavy atom. The Kier molecular flexibility index (Phi) is 4.53. The number of rotatable bonds is 4. The van der Waals surface area contributed by atoms with Gasteiger partial charge in [0.1, 0.15) is 10.7 Å². The average molecular weight is 380 g/mol. The summed E-state index contributed by atoms with van der Waals surface area (Å²) in [7, 11) is -3.98. The molecule has 0 unspecified atom stereocenters. The zero-order valence-corrected chi connectivity index (χ0v) is 15.1. The first-order chi connectivity index (χ1) is 11.8. The summed E-state index contributed by atoms with van der Waals surface area (Å²) in [6, 6.07) is 12.5. The first-order valence-corrected chi connectivity index (χ1v) is 9.25. The van der Waals surface area contributed by atoms with Crippen molar-refractivity contribution in [3.8, 4) is 5.69 Å². The Morgan fingerprint density at radius 3 is 2.44 bits per heavy atom. The van der Waals surface area contributed by atoms with E-state index in [1.165, 1.54) is 0 Å². The van der Waals surface area contributed by atoms with Gasteiger partial charge in [0.15, 0.2) is 0 Å². The van der Waals surface area contributed by atoms with Gasteiger partial charge in [-0.1, -0.05) is 29.8 Å². The van der Waals surface area contributed by atoms with Crippen molar-refractivity contribution in [1.29, 1.82) is 0 Å². The second kappa shape index (κ2) is 6.50. The third kappa shape index (κ3) is 3.38. The molecular formula is C17H15ClFN3O2S. The van der Waals surface area contributed by atoms with Crippen molar-refractivity contribution < 1.29 is 12.8 Å². The topological polar surface area (TPSA) is 64.0 Å². The maximum absolute atomic E-state index is 13.2. The molecule has 1 heterocycles. The zero-order valence-electron chi connectivity index (χ0n) is 13.5. The van der Waals surface area contributed by atoms with E-state index in [0.29, 0.717) is 17.1 Å². The molecule has 1 N–H and O–H groups in total. The molecule has 8 heteroatoms. The fraction of sp³-hybridized carbons (Fsp3) is 0.118. The molecule has 2 aromatic carbocycles. The van der Waals surface area contributed by atoms with Crippen LogP contribution in [0.5, 0.6) is 0 Å². The third-order valence-electron chi connectivity index (χ3n) is 3.71. The zero-order chi connectivity index (χ0) is 18.2. The number of anilines is 1. The Morgan fingerprint density at radius 1 is 1.12 bits per heavy atom. The van der Waals surface area contributed by atoms with Crippen LogP contribution in [-0.2, 0) is 10.0 Å². The highest BCUT2D eigenvalue weighted by molar-refractivity contribution is 7.92. The Balaban J connectivity index is 2.02. The van der Waals surface area contributed by atoms with Crippen molar-refractivity contribution in [2.75, 3.05) is 4.72 Å². The minimum absolute atomic E-state index is 0.182. The molecule has 0 bridgehead atoms. The number of sulfonamides is 1. The van der Waals surface area contributed by atoms with Gasteiger partial charge in [-0.15, -0.1) is 0 Å². The number of nitrogens with one attached hydrogen (secondary N) is 1. The summed E-state index contributed by atoms with van der Waals surface area (Å²) < 4.78 is 42.6. The molecule has 25 heavy (non-hydrogen) atoms. The van der Waals surface area contributed by atoms with Crippen molar-refractivity contribution in [1.82, 2.24) is 9.78 Å². The number of hydrogen-bond donors (Lipinski definition) is 1. The summed E-state index contributed by atoms with van der Waals surface area (Å²) in [6.45, 7) is 3.47. The summed E-state index contributed by atoms with van der Waals surface area (Å²) in [5, 5.41) is 4.21. The molecule has 5 nitrogen and oxygen atoms in total. The molecule has 0 aliphatic heterocycles. The van der Waals surface area contributed by atoms with Crippen LogP contribution in [0.3, 0.4) is 0 Å². The molecule has 0 aliphatic carbocycles. The van der Waals surface area contributed by atoms with Gasteiger partial charge in [-0.2, -0.15) is 5.10 Å². The van der Waals surface area contributed by atoms with E-state index in [9.17, 15) is 12.8 Å². The maximum Gasteiger partial charge on any atom is 0.263 e. The van der Waals surface area contributed by atoms with Crippen molar-refractivity contribution in [3.63, 3.8) is 0 Å². The quantitative estimate of drug-likeness (QED) is 0.742. The number of para-hydroxylation sites is 1. The minimum atomic E-state index is -3.98. The van der Waals surface area contributed by atoms with E-state index in [2.05, 4.69) is 9.82 Å². The number of aromatic nitrogens is 2. The lowest BCUT2D eigenvalue weighted by Crippen LogP contribution is -2.14. The van der Waals surface area contributed by atoms with Crippen LogP contribution in [0.1, 0.15) is 11.4 Å². The maximum atomic E-state index is 13.2. The van der Waals surface area contributed by atoms with Crippen LogP contribution in [0, 0.1) is 19.7 Å². The van der Waals surface area contributed by atoms with E-state index in [1.807, 2.05) is 30.3 Å². The van der Waals surface area contributed by atoms with Crippen LogP contribution in [0.25, 0.3) is 5.69 Å². The van der Waals surface area contributed by atoms with Gasteiger partial charge in [0.25, 0.3) is 10.0 Å². The monoisotopic (exact) mass is 379 g/mol. The second-order valence-electron chi connectivity index (χ2n) is 5.47. The Labute approximate surface area is 150 Å². The van der Waals surface area contributed by atoms with Gasteiger partial charge in [0.2, 0.25) is 0 Å². The van der Waals surface area contributed by atoms with Gasteiger partial charge >= 0.3 is 0 Å². The van der Waals surface area contributed by atoms with E-state index in [0.717, 1.165) is 23.9 Å². The van der Waals surface area contributed by atoms with Gasteiger partial charge in [-0.05, 0) is 44.2 Å². The lowest BCUT2D eigenvalue weighted by molar-refractivity contribution is 0.599.